The van der Waals surface area contributed by atoms with Crippen LogP contribution >= 0.6 is 15.9 Å². The van der Waals surface area contributed by atoms with Gasteiger partial charge in [0.25, 0.3) is 0 Å². The number of nitrogens with one attached hydrogen (secondary N) is 2. The molecule has 1 aliphatic rings. The molecule has 0 unspecified atom stereocenters. The van der Waals surface area contributed by atoms with Crippen LogP contribution < -0.4 is 15.5 Å². The van der Waals surface area contributed by atoms with Gasteiger partial charge in [0.1, 0.15) is 0 Å². The Morgan fingerprint density at radius 2 is 1.57 bits per heavy atom. The fourth-order valence-corrected chi connectivity index (χ4v) is 2.95. The van der Waals surface area contributed by atoms with Crippen molar-refractivity contribution in [1.29, 1.82) is 0 Å². The van der Waals surface area contributed by atoms with Gasteiger partial charge in [-0.2, -0.15) is 0 Å². The summed E-state index contributed by atoms with van der Waals surface area (Å²) in [6.07, 6.45) is 2.55. The van der Waals surface area contributed by atoms with Crippen molar-refractivity contribution in [2.24, 2.45) is 0 Å². The average Bonchev–Trinajstić information content (AvgIpc) is 3.10. The van der Waals surface area contributed by atoms with Crippen molar-refractivity contribution in [2.75, 3.05) is 35.2 Å². The molecular weight excluding hydrogens is 354 g/mol. The van der Waals surface area contributed by atoms with E-state index < -0.39 is 0 Å². The number of hydrogen-bond acceptors (Lipinski definition) is 3. The molecule has 0 aliphatic carbocycles. The maximum atomic E-state index is 12.0. The third-order valence-corrected chi connectivity index (χ3v) is 4.45. The molecule has 2 N–H and O–H groups in total. The largest absolute Gasteiger partial charge is 0.376 e. The minimum absolute atomic E-state index is 0.0593. The number of nitrogens with zero attached hydrogens (tertiary/aromatic N) is 1. The first-order chi connectivity index (χ1) is 11.2. The van der Waals surface area contributed by atoms with Crippen molar-refractivity contribution >= 4 is 38.9 Å². The lowest BCUT2D eigenvalue weighted by atomic mass is 10.2. The zero-order valence-electron chi connectivity index (χ0n) is 12.9. The minimum atomic E-state index is -0.0593. The van der Waals surface area contributed by atoms with Gasteiger partial charge in [0.15, 0.2) is 0 Å². The molecule has 4 nitrogen and oxygen atoms in total. The number of benzene rings is 2. The number of hydrogen-bond donors (Lipinski definition) is 2. The molecule has 1 aliphatic heterocycles. The van der Waals surface area contributed by atoms with Crippen LogP contribution in [0.3, 0.4) is 0 Å². The van der Waals surface area contributed by atoms with Crippen LogP contribution in [0.1, 0.15) is 12.8 Å². The Labute approximate surface area is 145 Å². The average molecular weight is 374 g/mol. The summed E-state index contributed by atoms with van der Waals surface area (Å²) in [6, 6.07) is 15.8. The van der Waals surface area contributed by atoms with Crippen LogP contribution in [0.5, 0.6) is 0 Å². The summed E-state index contributed by atoms with van der Waals surface area (Å²) < 4.78 is 0.992. The van der Waals surface area contributed by atoms with Crippen molar-refractivity contribution < 1.29 is 4.79 Å². The van der Waals surface area contributed by atoms with Gasteiger partial charge >= 0.3 is 0 Å². The monoisotopic (exact) mass is 373 g/mol. The molecule has 1 heterocycles. The number of rotatable bonds is 5. The summed E-state index contributed by atoms with van der Waals surface area (Å²) in [4.78, 5) is 14.3. The second kappa shape index (κ2) is 7.51. The summed E-state index contributed by atoms with van der Waals surface area (Å²) in [5, 5.41) is 6.02. The van der Waals surface area contributed by atoms with Gasteiger partial charge in [-0.3, -0.25) is 4.79 Å². The summed E-state index contributed by atoms with van der Waals surface area (Å²) >= 11 is 3.37. The highest BCUT2D eigenvalue weighted by molar-refractivity contribution is 9.10. The van der Waals surface area contributed by atoms with E-state index >= 15 is 0 Å². The van der Waals surface area contributed by atoms with E-state index in [4.69, 9.17) is 0 Å². The van der Waals surface area contributed by atoms with Gasteiger partial charge in [-0.25, -0.2) is 0 Å². The molecule has 1 fully saturated rings. The van der Waals surface area contributed by atoms with E-state index in [2.05, 4.69) is 43.6 Å². The molecule has 23 heavy (non-hydrogen) atoms. The zero-order chi connectivity index (χ0) is 16.1. The van der Waals surface area contributed by atoms with E-state index in [0.29, 0.717) is 0 Å². The molecule has 3 rings (SSSR count). The third kappa shape index (κ3) is 4.48. The number of carbonyl (C=O) groups is 1. The summed E-state index contributed by atoms with van der Waals surface area (Å²) in [5.41, 5.74) is 3.01. The van der Waals surface area contributed by atoms with E-state index in [1.165, 1.54) is 18.5 Å². The van der Waals surface area contributed by atoms with Gasteiger partial charge in [0.2, 0.25) is 5.91 Å². The van der Waals surface area contributed by atoms with Crippen molar-refractivity contribution in [1.82, 2.24) is 0 Å². The fourth-order valence-electron chi connectivity index (χ4n) is 2.69. The van der Waals surface area contributed by atoms with Crippen LogP contribution in [-0.2, 0) is 4.79 Å². The molecule has 2 aromatic carbocycles. The van der Waals surface area contributed by atoms with E-state index in [1.54, 1.807) is 0 Å². The van der Waals surface area contributed by atoms with Gasteiger partial charge in [-0.05, 0) is 61.4 Å². The SMILES string of the molecule is O=C(CNc1ccc(N2CCCC2)cc1)Nc1ccc(Br)cc1. The Hall–Kier alpha value is -2.01. The van der Waals surface area contributed by atoms with E-state index in [1.807, 2.05) is 36.4 Å². The topological polar surface area (TPSA) is 44.4 Å². The van der Waals surface area contributed by atoms with Crippen LogP contribution in [0.15, 0.2) is 53.0 Å². The first-order valence-corrected chi connectivity index (χ1v) is 8.64. The van der Waals surface area contributed by atoms with Gasteiger partial charge in [-0.15, -0.1) is 0 Å². The summed E-state index contributed by atoms with van der Waals surface area (Å²) in [5.74, 6) is -0.0593. The normalized spacial score (nSPS) is 13.9. The maximum Gasteiger partial charge on any atom is 0.243 e. The molecule has 1 saturated heterocycles. The summed E-state index contributed by atoms with van der Waals surface area (Å²) in [7, 11) is 0. The first-order valence-electron chi connectivity index (χ1n) is 7.85. The number of carbonyl (C=O) groups excluding carboxylic acids is 1. The molecule has 5 heteroatoms. The molecule has 0 spiro atoms. The fraction of sp³-hybridized carbons (Fsp3) is 0.278. The lowest BCUT2D eigenvalue weighted by molar-refractivity contribution is -0.114. The second-order valence-electron chi connectivity index (χ2n) is 5.65. The Morgan fingerprint density at radius 1 is 0.957 bits per heavy atom. The predicted octanol–water partition coefficient (Wildman–Crippen LogP) is 4.10. The Balaban J connectivity index is 1.49. The zero-order valence-corrected chi connectivity index (χ0v) is 14.5. The van der Waals surface area contributed by atoms with Crippen LogP contribution in [0.4, 0.5) is 17.1 Å². The molecule has 0 radical (unpaired) electrons. The smallest absolute Gasteiger partial charge is 0.243 e. The van der Waals surface area contributed by atoms with E-state index in [-0.39, 0.29) is 12.5 Å². The van der Waals surface area contributed by atoms with Gasteiger partial charge in [0, 0.05) is 34.6 Å². The van der Waals surface area contributed by atoms with Crippen LogP contribution in [0.25, 0.3) is 0 Å². The molecule has 0 atom stereocenters. The van der Waals surface area contributed by atoms with Crippen LogP contribution in [0, 0.1) is 0 Å². The molecule has 0 saturated carbocycles. The molecule has 0 aromatic heterocycles. The van der Waals surface area contributed by atoms with Crippen molar-refractivity contribution in [3.05, 3.63) is 53.0 Å². The highest BCUT2D eigenvalue weighted by Gasteiger charge is 2.11. The summed E-state index contributed by atoms with van der Waals surface area (Å²) in [6.45, 7) is 2.53. The maximum absolute atomic E-state index is 12.0. The standard InChI is InChI=1S/C18H20BrN3O/c19-14-3-5-16(6-4-14)21-18(23)13-20-15-7-9-17(10-8-15)22-11-1-2-12-22/h3-10,20H,1-2,11-13H2,(H,21,23). The number of amides is 1. The minimum Gasteiger partial charge on any atom is -0.376 e. The predicted molar refractivity (Wildman–Crippen MR) is 99.2 cm³/mol. The number of anilines is 3. The highest BCUT2D eigenvalue weighted by Crippen LogP contribution is 2.22. The lowest BCUT2D eigenvalue weighted by Gasteiger charge is -2.18. The molecule has 120 valence electrons. The van der Waals surface area contributed by atoms with E-state index in [9.17, 15) is 4.79 Å². The number of halogens is 1. The molecule has 1 amide bonds. The Bertz CT molecular complexity index is 649. The van der Waals surface area contributed by atoms with Crippen molar-refractivity contribution in [3.63, 3.8) is 0 Å². The quantitative estimate of drug-likeness (QED) is 0.828. The van der Waals surface area contributed by atoms with E-state index in [0.717, 1.165) is 28.9 Å². The van der Waals surface area contributed by atoms with Crippen molar-refractivity contribution in [3.8, 4) is 0 Å². The van der Waals surface area contributed by atoms with Crippen molar-refractivity contribution in [2.45, 2.75) is 12.8 Å². The Morgan fingerprint density at radius 3 is 2.22 bits per heavy atom. The Kier molecular flexibility index (Phi) is 5.18. The third-order valence-electron chi connectivity index (χ3n) is 3.92. The second-order valence-corrected chi connectivity index (χ2v) is 6.57. The lowest BCUT2D eigenvalue weighted by Crippen LogP contribution is -2.21. The molecule has 2 aromatic rings. The van der Waals surface area contributed by atoms with Gasteiger partial charge in [0.05, 0.1) is 6.54 Å². The van der Waals surface area contributed by atoms with Gasteiger partial charge < -0.3 is 15.5 Å². The van der Waals surface area contributed by atoms with Crippen LogP contribution in [-0.4, -0.2) is 25.5 Å². The van der Waals surface area contributed by atoms with Crippen LogP contribution in [0.2, 0.25) is 0 Å². The molecule has 0 bridgehead atoms. The molecular formula is C18H20BrN3O. The highest BCUT2D eigenvalue weighted by atomic mass is 79.9. The van der Waals surface area contributed by atoms with Gasteiger partial charge in [-0.1, -0.05) is 15.9 Å². The first kappa shape index (κ1) is 15.9.